The number of hydrogen-bond acceptors (Lipinski definition) is 3. The van der Waals surface area contributed by atoms with Crippen molar-refractivity contribution in [2.75, 3.05) is 6.61 Å². The van der Waals surface area contributed by atoms with E-state index >= 15 is 0 Å². The van der Waals surface area contributed by atoms with Crippen molar-refractivity contribution < 1.29 is 18.7 Å². The fourth-order valence-electron chi connectivity index (χ4n) is 2.25. The Morgan fingerprint density at radius 2 is 1.48 bits per heavy atom. The lowest BCUT2D eigenvalue weighted by Gasteiger charge is -2.06. The van der Waals surface area contributed by atoms with Crippen molar-refractivity contribution in [3.8, 4) is 0 Å². The molecule has 0 atom stereocenters. The van der Waals surface area contributed by atoms with Gasteiger partial charge in [-0.05, 0) is 47.2 Å². The Morgan fingerprint density at radius 3 is 2.22 bits per heavy atom. The summed E-state index contributed by atoms with van der Waals surface area (Å²) in [5.41, 5.74) is 0.688. The number of rotatable bonds is 4. The molecular formula is C19H13FO3. The maximum atomic E-state index is 12.8. The molecule has 0 aliphatic heterocycles. The second kappa shape index (κ2) is 6.40. The summed E-state index contributed by atoms with van der Waals surface area (Å²) in [5, 5.41) is 1.94. The average Bonchev–Trinajstić information content (AvgIpc) is 2.59. The first-order valence-corrected chi connectivity index (χ1v) is 7.08. The lowest BCUT2D eigenvalue weighted by molar-refractivity contribution is 0.0475. The van der Waals surface area contributed by atoms with Crippen LogP contribution in [0.25, 0.3) is 10.8 Å². The Morgan fingerprint density at radius 1 is 0.826 bits per heavy atom. The second-order valence-electron chi connectivity index (χ2n) is 5.07. The standard InChI is InChI=1S/C19H13FO3/c20-17-9-7-14(8-10-17)18(21)12-23-19(22)16-6-5-13-3-1-2-4-15(13)11-16/h1-11H,12H2. The van der Waals surface area contributed by atoms with Gasteiger partial charge in [-0.3, -0.25) is 4.79 Å². The molecule has 0 aliphatic carbocycles. The number of carbonyl (C=O) groups is 2. The number of ether oxygens (including phenoxy) is 1. The highest BCUT2D eigenvalue weighted by Gasteiger charge is 2.12. The maximum absolute atomic E-state index is 12.8. The van der Waals surface area contributed by atoms with Crippen LogP contribution >= 0.6 is 0 Å². The van der Waals surface area contributed by atoms with Gasteiger partial charge >= 0.3 is 5.97 Å². The van der Waals surface area contributed by atoms with Gasteiger partial charge < -0.3 is 4.74 Å². The van der Waals surface area contributed by atoms with Gasteiger partial charge in [-0.1, -0.05) is 30.3 Å². The second-order valence-corrected chi connectivity index (χ2v) is 5.07. The number of esters is 1. The highest BCUT2D eigenvalue weighted by Crippen LogP contribution is 2.16. The molecular weight excluding hydrogens is 295 g/mol. The first-order valence-electron chi connectivity index (χ1n) is 7.08. The highest BCUT2D eigenvalue weighted by molar-refractivity contribution is 6.00. The molecule has 0 amide bonds. The zero-order chi connectivity index (χ0) is 16.2. The molecule has 114 valence electrons. The summed E-state index contributed by atoms with van der Waals surface area (Å²) in [4.78, 5) is 23.9. The minimum absolute atomic E-state index is 0.303. The summed E-state index contributed by atoms with van der Waals surface area (Å²) in [6, 6.07) is 18.0. The van der Waals surface area contributed by atoms with Gasteiger partial charge in [0.15, 0.2) is 12.4 Å². The summed E-state index contributed by atoms with van der Waals surface area (Å²) in [7, 11) is 0. The minimum atomic E-state index is -0.564. The predicted octanol–water partition coefficient (Wildman–Crippen LogP) is 4.02. The molecule has 0 heterocycles. The quantitative estimate of drug-likeness (QED) is 0.540. The van der Waals surface area contributed by atoms with Crippen LogP contribution in [0.3, 0.4) is 0 Å². The molecule has 3 aromatic carbocycles. The van der Waals surface area contributed by atoms with E-state index in [1.165, 1.54) is 24.3 Å². The summed E-state index contributed by atoms with van der Waals surface area (Å²) in [6.07, 6.45) is 0. The van der Waals surface area contributed by atoms with Crippen molar-refractivity contribution >= 4 is 22.5 Å². The van der Waals surface area contributed by atoms with E-state index in [-0.39, 0.29) is 12.4 Å². The molecule has 0 bridgehead atoms. The van der Waals surface area contributed by atoms with Crippen molar-refractivity contribution in [2.45, 2.75) is 0 Å². The molecule has 3 nitrogen and oxygen atoms in total. The van der Waals surface area contributed by atoms with E-state index in [0.717, 1.165) is 10.8 Å². The molecule has 0 fully saturated rings. The fraction of sp³-hybridized carbons (Fsp3) is 0.0526. The third-order valence-electron chi connectivity index (χ3n) is 3.49. The van der Waals surface area contributed by atoms with Gasteiger partial charge in [0, 0.05) is 5.56 Å². The Hall–Kier alpha value is -3.01. The van der Waals surface area contributed by atoms with E-state index in [2.05, 4.69) is 0 Å². The lowest BCUT2D eigenvalue weighted by atomic mass is 10.1. The largest absolute Gasteiger partial charge is 0.454 e. The first-order chi connectivity index (χ1) is 11.1. The molecule has 23 heavy (non-hydrogen) atoms. The number of carbonyl (C=O) groups excluding carboxylic acids is 2. The summed E-state index contributed by atoms with van der Waals surface area (Å²) in [6.45, 7) is -0.378. The highest BCUT2D eigenvalue weighted by atomic mass is 19.1. The molecule has 3 rings (SSSR count). The first kappa shape index (κ1) is 14.9. The van der Waals surface area contributed by atoms with Gasteiger partial charge in [-0.15, -0.1) is 0 Å². The van der Waals surface area contributed by atoms with Crippen LogP contribution in [0, 0.1) is 5.82 Å². The molecule has 4 heteroatoms. The summed E-state index contributed by atoms with van der Waals surface area (Å²) < 4.78 is 17.9. The number of ketones is 1. The number of Topliss-reactive ketones (excluding diaryl/α,β-unsaturated/α-hetero) is 1. The Balaban J connectivity index is 1.68. The van der Waals surface area contributed by atoms with Gasteiger partial charge in [0.05, 0.1) is 5.56 Å². The molecule has 0 unspecified atom stereocenters. The van der Waals surface area contributed by atoms with Crippen LogP contribution in [-0.2, 0) is 4.74 Å². The van der Waals surface area contributed by atoms with Gasteiger partial charge in [0.25, 0.3) is 0 Å². The van der Waals surface area contributed by atoms with E-state index in [9.17, 15) is 14.0 Å². The zero-order valence-corrected chi connectivity index (χ0v) is 12.2. The van der Waals surface area contributed by atoms with Crippen molar-refractivity contribution in [3.63, 3.8) is 0 Å². The smallest absolute Gasteiger partial charge is 0.338 e. The number of halogens is 1. The zero-order valence-electron chi connectivity index (χ0n) is 12.2. The van der Waals surface area contributed by atoms with Gasteiger partial charge in [0.2, 0.25) is 0 Å². The Labute approximate surface area is 132 Å². The van der Waals surface area contributed by atoms with Gasteiger partial charge in [0.1, 0.15) is 5.82 Å². The number of fused-ring (bicyclic) bond motifs is 1. The number of benzene rings is 3. The van der Waals surface area contributed by atoms with Crippen LogP contribution in [0.2, 0.25) is 0 Å². The summed E-state index contributed by atoms with van der Waals surface area (Å²) in [5.74, 6) is -1.36. The maximum Gasteiger partial charge on any atom is 0.338 e. The van der Waals surface area contributed by atoms with E-state index in [1.807, 2.05) is 30.3 Å². The van der Waals surface area contributed by atoms with E-state index < -0.39 is 11.8 Å². The molecule has 0 saturated carbocycles. The van der Waals surface area contributed by atoms with Gasteiger partial charge in [-0.2, -0.15) is 0 Å². The van der Waals surface area contributed by atoms with Crippen LogP contribution in [-0.4, -0.2) is 18.4 Å². The van der Waals surface area contributed by atoms with Crippen LogP contribution in [0.4, 0.5) is 4.39 Å². The average molecular weight is 308 g/mol. The molecule has 3 aromatic rings. The third kappa shape index (κ3) is 3.43. The molecule has 0 saturated heterocycles. The molecule has 0 spiro atoms. The van der Waals surface area contributed by atoms with E-state index in [0.29, 0.717) is 11.1 Å². The summed E-state index contributed by atoms with van der Waals surface area (Å²) >= 11 is 0. The normalized spacial score (nSPS) is 10.5. The van der Waals surface area contributed by atoms with Gasteiger partial charge in [-0.25, -0.2) is 9.18 Å². The predicted molar refractivity (Wildman–Crippen MR) is 85.0 cm³/mol. The molecule has 0 aliphatic rings. The lowest BCUT2D eigenvalue weighted by Crippen LogP contribution is -2.14. The fourth-order valence-corrected chi connectivity index (χ4v) is 2.25. The van der Waals surface area contributed by atoms with Crippen LogP contribution in [0.5, 0.6) is 0 Å². The van der Waals surface area contributed by atoms with E-state index in [1.54, 1.807) is 12.1 Å². The topological polar surface area (TPSA) is 43.4 Å². The van der Waals surface area contributed by atoms with Crippen LogP contribution in [0.1, 0.15) is 20.7 Å². The van der Waals surface area contributed by atoms with Crippen molar-refractivity contribution in [3.05, 3.63) is 83.7 Å². The third-order valence-corrected chi connectivity index (χ3v) is 3.49. The van der Waals surface area contributed by atoms with E-state index in [4.69, 9.17) is 4.74 Å². The molecule has 0 aromatic heterocycles. The molecule has 0 radical (unpaired) electrons. The number of hydrogen-bond donors (Lipinski definition) is 0. The monoisotopic (exact) mass is 308 g/mol. The van der Waals surface area contributed by atoms with Crippen molar-refractivity contribution in [1.82, 2.24) is 0 Å². The van der Waals surface area contributed by atoms with Crippen LogP contribution in [0.15, 0.2) is 66.7 Å². The minimum Gasteiger partial charge on any atom is -0.454 e. The van der Waals surface area contributed by atoms with Crippen molar-refractivity contribution in [1.29, 1.82) is 0 Å². The van der Waals surface area contributed by atoms with Crippen molar-refractivity contribution in [2.24, 2.45) is 0 Å². The molecule has 0 N–H and O–H groups in total. The SMILES string of the molecule is O=C(COC(=O)c1ccc2ccccc2c1)c1ccc(F)cc1. The van der Waals surface area contributed by atoms with Crippen LogP contribution < -0.4 is 0 Å². The Kier molecular flexibility index (Phi) is 4.15. The Bertz CT molecular complexity index is 869.